The maximum atomic E-state index is 5.58. The molecule has 1 aliphatic rings. The Morgan fingerprint density at radius 3 is 2.06 bits per heavy atom. The van der Waals surface area contributed by atoms with Crippen LogP contribution >= 0.6 is 0 Å². The molecule has 0 aliphatic carbocycles. The molecule has 0 radical (unpaired) electrons. The van der Waals surface area contributed by atoms with E-state index in [9.17, 15) is 0 Å². The molecule has 0 unspecified atom stereocenters. The van der Waals surface area contributed by atoms with E-state index in [1.54, 1.807) is 0 Å². The molecule has 0 amide bonds. The highest BCUT2D eigenvalue weighted by atomic mass is 16.5. The fourth-order valence-corrected chi connectivity index (χ4v) is 5.68. The molecule has 0 atom stereocenters. The molecule has 1 nitrogen and oxygen atoms in total. The zero-order valence-electron chi connectivity index (χ0n) is 20.7. The maximum absolute atomic E-state index is 5.58. The lowest BCUT2D eigenvalue weighted by Crippen LogP contribution is -2.17. The highest BCUT2D eigenvalue weighted by Gasteiger charge is 2.15. The summed E-state index contributed by atoms with van der Waals surface area (Å²) in [6.45, 7) is 1.82. The Hall–Kier alpha value is -3.68. The first-order chi connectivity index (χ1) is 17.8. The van der Waals surface area contributed by atoms with E-state index in [2.05, 4.69) is 115 Å². The number of benzene rings is 5. The molecule has 0 saturated carbocycles. The molecule has 0 bridgehead atoms. The van der Waals surface area contributed by atoms with Gasteiger partial charge in [-0.3, -0.25) is 0 Å². The van der Waals surface area contributed by atoms with E-state index in [1.165, 1.54) is 62.6 Å². The lowest BCUT2D eigenvalue weighted by Gasteiger charge is -2.22. The zero-order valence-corrected chi connectivity index (χ0v) is 20.7. The summed E-state index contributed by atoms with van der Waals surface area (Å²) in [6.07, 6.45) is 4.42. The summed E-state index contributed by atoms with van der Waals surface area (Å²) in [7, 11) is 0. The maximum Gasteiger partial charge on any atom is 0.0468 e. The Labute approximate surface area is 214 Å². The minimum absolute atomic E-state index is 0.737. The van der Waals surface area contributed by atoms with Crippen LogP contribution < -0.4 is 0 Å². The van der Waals surface area contributed by atoms with Crippen LogP contribution in [0.4, 0.5) is 0 Å². The Bertz CT molecular complexity index is 1450. The van der Waals surface area contributed by atoms with Gasteiger partial charge in [0.05, 0.1) is 0 Å². The average molecular weight is 469 g/mol. The third-order valence-electron chi connectivity index (χ3n) is 7.50. The predicted octanol–water partition coefficient (Wildman–Crippen LogP) is 8.73. The minimum atomic E-state index is 0.737. The predicted molar refractivity (Wildman–Crippen MR) is 151 cm³/mol. The van der Waals surface area contributed by atoms with Crippen LogP contribution in [-0.2, 0) is 17.6 Å². The second kappa shape index (κ2) is 10.5. The van der Waals surface area contributed by atoms with E-state index in [0.717, 1.165) is 32.0 Å². The molecule has 1 aliphatic heterocycles. The van der Waals surface area contributed by atoms with Crippen molar-refractivity contribution >= 4 is 10.8 Å². The van der Waals surface area contributed by atoms with Gasteiger partial charge in [-0.1, -0.05) is 109 Å². The van der Waals surface area contributed by atoms with Gasteiger partial charge < -0.3 is 4.74 Å². The van der Waals surface area contributed by atoms with Crippen molar-refractivity contribution in [1.29, 1.82) is 0 Å². The van der Waals surface area contributed by atoms with Gasteiger partial charge in [0.2, 0.25) is 0 Å². The first kappa shape index (κ1) is 22.8. The standard InChI is InChI=1S/C35H32O/c1-3-11-29(12-4-1)32-24-31-15-8-16-34(30-13-5-2-6-14-30)35(31)33(25-32)23-28-10-7-9-27(22-28)21-26-17-19-36-20-18-26/h1-16,22,24-26H,17-21,23H2. The van der Waals surface area contributed by atoms with Gasteiger partial charge in [0.1, 0.15) is 0 Å². The smallest absolute Gasteiger partial charge is 0.0468 e. The van der Waals surface area contributed by atoms with Crippen molar-refractivity contribution in [3.63, 3.8) is 0 Å². The van der Waals surface area contributed by atoms with Gasteiger partial charge in [0.25, 0.3) is 0 Å². The van der Waals surface area contributed by atoms with Crippen LogP contribution in [-0.4, -0.2) is 13.2 Å². The van der Waals surface area contributed by atoms with Crippen molar-refractivity contribution in [2.75, 3.05) is 13.2 Å². The second-order valence-corrected chi connectivity index (χ2v) is 10.0. The summed E-state index contributed by atoms with van der Waals surface area (Å²) in [4.78, 5) is 0. The van der Waals surface area contributed by atoms with Gasteiger partial charge in [0.15, 0.2) is 0 Å². The van der Waals surface area contributed by atoms with Crippen LogP contribution in [0.25, 0.3) is 33.0 Å². The van der Waals surface area contributed by atoms with Crippen LogP contribution in [0.5, 0.6) is 0 Å². The van der Waals surface area contributed by atoms with Crippen molar-refractivity contribution in [1.82, 2.24) is 0 Å². The SMILES string of the molecule is c1ccc(-c2cc(Cc3cccc(CC4CCOCC4)c3)c3c(-c4ccccc4)cccc3c2)cc1. The van der Waals surface area contributed by atoms with Crippen LogP contribution in [0.2, 0.25) is 0 Å². The van der Waals surface area contributed by atoms with E-state index < -0.39 is 0 Å². The summed E-state index contributed by atoms with van der Waals surface area (Å²) in [5, 5.41) is 2.66. The van der Waals surface area contributed by atoms with Gasteiger partial charge >= 0.3 is 0 Å². The summed E-state index contributed by atoms with van der Waals surface area (Å²) < 4.78 is 5.58. The van der Waals surface area contributed by atoms with E-state index in [-0.39, 0.29) is 0 Å². The van der Waals surface area contributed by atoms with Crippen LogP contribution in [0.15, 0.2) is 115 Å². The topological polar surface area (TPSA) is 9.23 Å². The molecule has 1 heterocycles. The lowest BCUT2D eigenvalue weighted by molar-refractivity contribution is 0.0665. The number of hydrogen-bond donors (Lipinski definition) is 0. The fraction of sp³-hybridized carbons (Fsp3) is 0.200. The molecular weight excluding hydrogens is 436 g/mol. The normalized spacial score (nSPS) is 14.2. The van der Waals surface area contributed by atoms with Crippen LogP contribution in [0.1, 0.15) is 29.5 Å². The second-order valence-electron chi connectivity index (χ2n) is 10.0. The average Bonchev–Trinajstić information content (AvgIpc) is 2.94. The molecule has 1 fully saturated rings. The zero-order chi connectivity index (χ0) is 24.2. The molecule has 5 aromatic rings. The molecule has 6 rings (SSSR count). The van der Waals surface area contributed by atoms with Crippen molar-refractivity contribution in [2.45, 2.75) is 25.7 Å². The first-order valence-electron chi connectivity index (χ1n) is 13.2. The van der Waals surface area contributed by atoms with Gasteiger partial charge in [-0.2, -0.15) is 0 Å². The molecule has 1 saturated heterocycles. The third-order valence-corrected chi connectivity index (χ3v) is 7.50. The van der Waals surface area contributed by atoms with E-state index in [0.29, 0.717) is 0 Å². The Kier molecular flexibility index (Phi) is 6.65. The minimum Gasteiger partial charge on any atom is -0.381 e. The van der Waals surface area contributed by atoms with Crippen molar-refractivity contribution in [3.05, 3.63) is 132 Å². The summed E-state index contributed by atoms with van der Waals surface area (Å²) in [5.74, 6) is 0.737. The van der Waals surface area contributed by atoms with Crippen LogP contribution in [0, 0.1) is 5.92 Å². The molecule has 0 spiro atoms. The van der Waals surface area contributed by atoms with Gasteiger partial charge in [0, 0.05) is 13.2 Å². The van der Waals surface area contributed by atoms with E-state index in [4.69, 9.17) is 4.74 Å². The molecule has 36 heavy (non-hydrogen) atoms. The number of fused-ring (bicyclic) bond motifs is 1. The van der Waals surface area contributed by atoms with Crippen molar-refractivity contribution in [2.24, 2.45) is 5.92 Å². The largest absolute Gasteiger partial charge is 0.381 e. The highest BCUT2D eigenvalue weighted by molar-refractivity contribution is 6.01. The molecule has 5 aromatic carbocycles. The number of ether oxygens (including phenoxy) is 1. The molecule has 1 heteroatoms. The number of hydrogen-bond acceptors (Lipinski definition) is 1. The highest BCUT2D eigenvalue weighted by Crippen LogP contribution is 2.36. The Balaban J connectivity index is 1.44. The molecular formula is C35H32O. The van der Waals surface area contributed by atoms with E-state index in [1.807, 2.05) is 0 Å². The first-order valence-corrected chi connectivity index (χ1v) is 13.2. The monoisotopic (exact) mass is 468 g/mol. The molecule has 0 aromatic heterocycles. The van der Waals surface area contributed by atoms with Crippen molar-refractivity contribution < 1.29 is 4.74 Å². The fourth-order valence-electron chi connectivity index (χ4n) is 5.68. The lowest BCUT2D eigenvalue weighted by atomic mass is 9.88. The van der Waals surface area contributed by atoms with Crippen molar-refractivity contribution in [3.8, 4) is 22.3 Å². The summed E-state index contributed by atoms with van der Waals surface area (Å²) in [5.41, 5.74) is 9.33. The van der Waals surface area contributed by atoms with E-state index >= 15 is 0 Å². The molecule has 178 valence electrons. The summed E-state index contributed by atoms with van der Waals surface area (Å²) >= 11 is 0. The third kappa shape index (κ3) is 4.98. The summed E-state index contributed by atoms with van der Waals surface area (Å²) in [6, 6.07) is 42.3. The number of rotatable bonds is 6. The van der Waals surface area contributed by atoms with Gasteiger partial charge in [-0.25, -0.2) is 0 Å². The quantitative estimate of drug-likeness (QED) is 0.242. The van der Waals surface area contributed by atoms with Gasteiger partial charge in [-0.15, -0.1) is 0 Å². The van der Waals surface area contributed by atoms with Gasteiger partial charge in [-0.05, 0) is 87.4 Å². The van der Waals surface area contributed by atoms with Crippen LogP contribution in [0.3, 0.4) is 0 Å². The molecule has 0 N–H and O–H groups in total. The Morgan fingerprint density at radius 2 is 1.28 bits per heavy atom. The Morgan fingerprint density at radius 1 is 0.583 bits per heavy atom.